The van der Waals surface area contributed by atoms with E-state index in [-0.39, 0.29) is 24.9 Å². The average molecular weight is 267 g/mol. The van der Waals surface area contributed by atoms with Crippen LogP contribution in [-0.2, 0) is 20.9 Å². The van der Waals surface area contributed by atoms with E-state index < -0.39 is 5.41 Å². The number of benzene rings is 1. The van der Waals surface area contributed by atoms with E-state index in [9.17, 15) is 9.18 Å². The third-order valence-corrected chi connectivity index (χ3v) is 3.59. The maximum Gasteiger partial charge on any atom is 0.313 e. The Bertz CT molecular complexity index is 444. The SMILES string of the molecule is NCC1(C(=O)OCc2ccccc2F)CCOCC1. The minimum absolute atomic E-state index is 0.0614. The van der Waals surface area contributed by atoms with Crippen molar-refractivity contribution in [1.82, 2.24) is 0 Å². The molecule has 1 aromatic rings. The summed E-state index contributed by atoms with van der Waals surface area (Å²) in [5, 5.41) is 0. The lowest BCUT2D eigenvalue weighted by molar-refractivity contribution is -0.162. The Kier molecular flexibility index (Phi) is 4.50. The lowest BCUT2D eigenvalue weighted by Crippen LogP contribution is -2.44. The van der Waals surface area contributed by atoms with Crippen LogP contribution >= 0.6 is 0 Å². The third-order valence-electron chi connectivity index (χ3n) is 3.59. The molecule has 0 spiro atoms. The Morgan fingerprint density at radius 2 is 2.05 bits per heavy atom. The summed E-state index contributed by atoms with van der Waals surface area (Å²) in [5.74, 6) is -0.731. The minimum Gasteiger partial charge on any atom is -0.460 e. The number of halogens is 1. The van der Waals surface area contributed by atoms with Crippen molar-refractivity contribution in [1.29, 1.82) is 0 Å². The number of esters is 1. The Morgan fingerprint density at radius 1 is 1.37 bits per heavy atom. The van der Waals surface area contributed by atoms with E-state index in [0.717, 1.165) is 0 Å². The van der Waals surface area contributed by atoms with E-state index in [4.69, 9.17) is 15.2 Å². The van der Waals surface area contributed by atoms with Gasteiger partial charge in [0.1, 0.15) is 12.4 Å². The van der Waals surface area contributed by atoms with E-state index in [0.29, 0.717) is 31.6 Å². The van der Waals surface area contributed by atoms with Gasteiger partial charge >= 0.3 is 5.97 Å². The number of carbonyl (C=O) groups is 1. The van der Waals surface area contributed by atoms with Gasteiger partial charge in [0.05, 0.1) is 5.41 Å². The molecule has 1 aliphatic rings. The van der Waals surface area contributed by atoms with Gasteiger partial charge in [-0.15, -0.1) is 0 Å². The van der Waals surface area contributed by atoms with Crippen molar-refractivity contribution in [2.45, 2.75) is 19.4 Å². The largest absolute Gasteiger partial charge is 0.460 e. The summed E-state index contributed by atoms with van der Waals surface area (Å²) in [6.45, 7) is 1.18. The molecule has 0 aromatic heterocycles. The van der Waals surface area contributed by atoms with Crippen LogP contribution in [0.5, 0.6) is 0 Å². The molecule has 1 saturated heterocycles. The molecule has 5 heteroatoms. The highest BCUT2D eigenvalue weighted by atomic mass is 19.1. The van der Waals surface area contributed by atoms with Crippen LogP contribution in [0.1, 0.15) is 18.4 Å². The smallest absolute Gasteiger partial charge is 0.313 e. The predicted molar refractivity (Wildman–Crippen MR) is 67.7 cm³/mol. The van der Waals surface area contributed by atoms with Gasteiger partial charge in [0.25, 0.3) is 0 Å². The molecule has 19 heavy (non-hydrogen) atoms. The fourth-order valence-electron chi connectivity index (χ4n) is 2.17. The zero-order valence-electron chi connectivity index (χ0n) is 10.7. The van der Waals surface area contributed by atoms with Crippen LogP contribution < -0.4 is 5.73 Å². The predicted octanol–water partition coefficient (Wildman–Crippen LogP) is 1.62. The fraction of sp³-hybridized carbons (Fsp3) is 0.500. The second kappa shape index (κ2) is 6.12. The van der Waals surface area contributed by atoms with E-state index >= 15 is 0 Å². The fourth-order valence-corrected chi connectivity index (χ4v) is 2.17. The number of hydrogen-bond donors (Lipinski definition) is 1. The van der Waals surface area contributed by atoms with E-state index in [1.165, 1.54) is 6.07 Å². The van der Waals surface area contributed by atoms with Crippen LogP contribution in [0.25, 0.3) is 0 Å². The normalized spacial score (nSPS) is 18.0. The van der Waals surface area contributed by atoms with Crippen molar-refractivity contribution in [3.05, 3.63) is 35.6 Å². The number of ether oxygens (including phenoxy) is 2. The van der Waals surface area contributed by atoms with Gasteiger partial charge < -0.3 is 15.2 Å². The summed E-state index contributed by atoms with van der Waals surface area (Å²) in [6, 6.07) is 6.25. The van der Waals surface area contributed by atoms with Crippen molar-refractivity contribution < 1.29 is 18.7 Å². The lowest BCUT2D eigenvalue weighted by atomic mass is 9.80. The Balaban J connectivity index is 1.98. The van der Waals surface area contributed by atoms with Crippen molar-refractivity contribution in [3.63, 3.8) is 0 Å². The van der Waals surface area contributed by atoms with E-state index in [2.05, 4.69) is 0 Å². The number of nitrogens with two attached hydrogens (primary N) is 1. The summed E-state index contributed by atoms with van der Waals surface area (Å²) in [4.78, 5) is 12.2. The zero-order chi connectivity index (χ0) is 13.7. The first-order valence-corrected chi connectivity index (χ1v) is 6.36. The molecule has 2 rings (SSSR count). The molecule has 0 aliphatic carbocycles. The number of rotatable bonds is 4. The molecule has 1 fully saturated rings. The molecule has 0 atom stereocenters. The second-order valence-electron chi connectivity index (χ2n) is 4.76. The van der Waals surface area contributed by atoms with Gasteiger partial charge in [-0.25, -0.2) is 4.39 Å². The summed E-state index contributed by atoms with van der Waals surface area (Å²) >= 11 is 0. The molecule has 1 heterocycles. The standard InChI is InChI=1S/C14H18FNO3/c15-12-4-2-1-3-11(12)9-19-13(17)14(10-16)5-7-18-8-6-14/h1-4H,5-10,16H2. The van der Waals surface area contributed by atoms with Crippen LogP contribution in [0.3, 0.4) is 0 Å². The average Bonchev–Trinajstić information content (AvgIpc) is 2.46. The minimum atomic E-state index is -0.677. The summed E-state index contributed by atoms with van der Waals surface area (Å²) in [7, 11) is 0. The van der Waals surface area contributed by atoms with Gasteiger partial charge in [-0.2, -0.15) is 0 Å². The van der Waals surface area contributed by atoms with Crippen LogP contribution in [0.15, 0.2) is 24.3 Å². The van der Waals surface area contributed by atoms with Gasteiger partial charge in [0, 0.05) is 25.3 Å². The molecule has 0 radical (unpaired) electrons. The monoisotopic (exact) mass is 267 g/mol. The first-order valence-electron chi connectivity index (χ1n) is 6.36. The van der Waals surface area contributed by atoms with Crippen LogP contribution in [0, 0.1) is 11.2 Å². The van der Waals surface area contributed by atoms with Crippen molar-refractivity contribution in [3.8, 4) is 0 Å². The van der Waals surface area contributed by atoms with Crippen molar-refractivity contribution >= 4 is 5.97 Å². The van der Waals surface area contributed by atoms with Gasteiger partial charge in [-0.3, -0.25) is 4.79 Å². The molecule has 0 saturated carbocycles. The van der Waals surface area contributed by atoms with Crippen molar-refractivity contribution in [2.75, 3.05) is 19.8 Å². The summed E-state index contributed by atoms with van der Waals surface area (Å²) < 4.78 is 23.9. The molecule has 0 amide bonds. The van der Waals surface area contributed by atoms with Crippen LogP contribution in [0.2, 0.25) is 0 Å². The molecule has 0 unspecified atom stereocenters. The maximum atomic E-state index is 13.4. The molecular formula is C14H18FNO3. The second-order valence-corrected chi connectivity index (χ2v) is 4.76. The topological polar surface area (TPSA) is 61.6 Å². The zero-order valence-corrected chi connectivity index (χ0v) is 10.7. The van der Waals surface area contributed by atoms with Gasteiger partial charge in [-0.1, -0.05) is 18.2 Å². The lowest BCUT2D eigenvalue weighted by Gasteiger charge is -2.33. The molecular weight excluding hydrogens is 249 g/mol. The molecule has 1 aliphatic heterocycles. The number of carbonyl (C=O) groups excluding carboxylic acids is 1. The van der Waals surface area contributed by atoms with Crippen LogP contribution in [0.4, 0.5) is 4.39 Å². The Hall–Kier alpha value is -1.46. The van der Waals surface area contributed by atoms with Gasteiger partial charge in [0.2, 0.25) is 0 Å². The summed E-state index contributed by atoms with van der Waals surface area (Å²) in [5.41, 5.74) is 5.40. The molecule has 1 aromatic carbocycles. The van der Waals surface area contributed by atoms with Crippen LogP contribution in [-0.4, -0.2) is 25.7 Å². The third kappa shape index (κ3) is 3.11. The molecule has 2 N–H and O–H groups in total. The van der Waals surface area contributed by atoms with E-state index in [1.54, 1.807) is 18.2 Å². The summed E-state index contributed by atoms with van der Waals surface area (Å²) in [6.07, 6.45) is 1.11. The van der Waals surface area contributed by atoms with E-state index in [1.807, 2.05) is 0 Å². The molecule has 104 valence electrons. The van der Waals surface area contributed by atoms with Crippen molar-refractivity contribution in [2.24, 2.45) is 11.1 Å². The molecule has 4 nitrogen and oxygen atoms in total. The maximum absolute atomic E-state index is 13.4. The Morgan fingerprint density at radius 3 is 2.68 bits per heavy atom. The highest BCUT2D eigenvalue weighted by Gasteiger charge is 2.40. The van der Waals surface area contributed by atoms with Gasteiger partial charge in [0.15, 0.2) is 0 Å². The quantitative estimate of drug-likeness (QED) is 0.842. The molecule has 0 bridgehead atoms. The Labute approximate surface area is 111 Å². The highest BCUT2D eigenvalue weighted by Crippen LogP contribution is 2.31. The first-order chi connectivity index (χ1) is 9.18. The van der Waals surface area contributed by atoms with Gasteiger partial charge in [-0.05, 0) is 18.9 Å². The number of hydrogen-bond acceptors (Lipinski definition) is 4. The highest BCUT2D eigenvalue weighted by molar-refractivity contribution is 5.77. The first kappa shape index (κ1) is 14.0.